The molecule has 136 valence electrons. The molecule has 0 spiro atoms. The van der Waals surface area contributed by atoms with Crippen molar-refractivity contribution in [2.24, 2.45) is 0 Å². The van der Waals surface area contributed by atoms with E-state index in [1.54, 1.807) is 12.1 Å². The van der Waals surface area contributed by atoms with Gasteiger partial charge in [0.15, 0.2) is 11.6 Å². The molecule has 8 nitrogen and oxygen atoms in total. The molecule has 2 aromatic heterocycles. The van der Waals surface area contributed by atoms with Crippen LogP contribution in [0, 0.1) is 0 Å². The molecule has 3 rings (SSSR count). The van der Waals surface area contributed by atoms with Crippen LogP contribution in [0.1, 0.15) is 62.8 Å². The molecule has 0 saturated heterocycles. The molecule has 1 aliphatic carbocycles. The quantitative estimate of drug-likeness (QED) is 0.873. The van der Waals surface area contributed by atoms with Crippen LogP contribution in [0.3, 0.4) is 0 Å². The van der Waals surface area contributed by atoms with Gasteiger partial charge in [-0.25, -0.2) is 0 Å². The first-order valence-corrected chi connectivity index (χ1v) is 8.73. The Morgan fingerprint density at radius 3 is 1.62 bits per heavy atom. The lowest BCUT2D eigenvalue weighted by molar-refractivity contribution is -0.115. The van der Waals surface area contributed by atoms with Gasteiger partial charge in [0.25, 0.3) is 0 Å². The molecule has 26 heavy (non-hydrogen) atoms. The van der Waals surface area contributed by atoms with Crippen molar-refractivity contribution in [1.82, 2.24) is 20.4 Å². The second-order valence-corrected chi connectivity index (χ2v) is 6.61. The number of carbonyl (C=O) groups excluding carboxylic acids is 2. The highest BCUT2D eigenvalue weighted by Gasteiger charge is 2.26. The number of nitrogens with one attached hydrogen (secondary N) is 2. The van der Waals surface area contributed by atoms with Crippen LogP contribution in [0.2, 0.25) is 0 Å². The Kier molecular flexibility index (Phi) is 5.50. The first-order valence-electron chi connectivity index (χ1n) is 8.73. The van der Waals surface area contributed by atoms with E-state index in [1.807, 2.05) is 12.1 Å². The Balaban J connectivity index is 1.67. The third-order valence-electron chi connectivity index (χ3n) is 4.49. The molecule has 1 aliphatic rings. The standard InChI is InChI=1S/C18H22N6O2/c1-11(25)19-17-8-6-15(21-23-17)13-4-3-5-14(10-13)16-7-9-18(24-22-16)20-12(2)26/h6-9,13-14H,3-5,10H2,1-2H3,(H,19,23,25)(H,20,24,26)/t13-,14+. The number of hydrogen-bond acceptors (Lipinski definition) is 6. The van der Waals surface area contributed by atoms with E-state index < -0.39 is 0 Å². The van der Waals surface area contributed by atoms with Gasteiger partial charge in [0.1, 0.15) is 0 Å². The molecule has 2 N–H and O–H groups in total. The summed E-state index contributed by atoms with van der Waals surface area (Å²) >= 11 is 0. The van der Waals surface area contributed by atoms with Crippen LogP contribution in [0.15, 0.2) is 24.3 Å². The van der Waals surface area contributed by atoms with Crippen molar-refractivity contribution in [3.63, 3.8) is 0 Å². The third kappa shape index (κ3) is 4.59. The number of rotatable bonds is 4. The van der Waals surface area contributed by atoms with Crippen LogP contribution < -0.4 is 10.6 Å². The molecule has 2 atom stereocenters. The predicted molar refractivity (Wildman–Crippen MR) is 96.6 cm³/mol. The van der Waals surface area contributed by atoms with Gasteiger partial charge in [-0.3, -0.25) is 9.59 Å². The van der Waals surface area contributed by atoms with Gasteiger partial charge in [0.05, 0.1) is 11.4 Å². The first kappa shape index (κ1) is 17.9. The summed E-state index contributed by atoms with van der Waals surface area (Å²) in [5.41, 5.74) is 1.87. The molecule has 0 aliphatic heterocycles. The Bertz CT molecular complexity index is 710. The number of amides is 2. The molecule has 0 aromatic carbocycles. The summed E-state index contributed by atoms with van der Waals surface area (Å²) < 4.78 is 0. The summed E-state index contributed by atoms with van der Waals surface area (Å²) in [6.45, 7) is 2.89. The second-order valence-electron chi connectivity index (χ2n) is 6.61. The van der Waals surface area contributed by atoms with E-state index >= 15 is 0 Å². The zero-order chi connectivity index (χ0) is 18.5. The highest BCUT2D eigenvalue weighted by Crippen LogP contribution is 2.39. The Morgan fingerprint density at radius 1 is 0.808 bits per heavy atom. The average Bonchev–Trinajstić information content (AvgIpc) is 2.62. The highest BCUT2D eigenvalue weighted by atomic mass is 16.2. The maximum Gasteiger partial charge on any atom is 0.222 e. The van der Waals surface area contributed by atoms with Gasteiger partial charge in [-0.05, 0) is 43.5 Å². The fraction of sp³-hybridized carbons (Fsp3) is 0.444. The number of anilines is 2. The SMILES string of the molecule is CC(=O)Nc1ccc([C@@H]2CCC[C@H](c3ccc(NC(C)=O)nn3)C2)nn1. The normalized spacial score (nSPS) is 19.6. The van der Waals surface area contributed by atoms with Crippen LogP contribution in [-0.2, 0) is 9.59 Å². The minimum absolute atomic E-state index is 0.161. The third-order valence-corrected chi connectivity index (χ3v) is 4.49. The van der Waals surface area contributed by atoms with E-state index in [2.05, 4.69) is 31.0 Å². The van der Waals surface area contributed by atoms with Crippen LogP contribution >= 0.6 is 0 Å². The molecule has 1 saturated carbocycles. The van der Waals surface area contributed by atoms with Crippen molar-refractivity contribution in [3.05, 3.63) is 35.7 Å². The Morgan fingerprint density at radius 2 is 1.27 bits per heavy atom. The molecule has 0 bridgehead atoms. The zero-order valence-corrected chi connectivity index (χ0v) is 14.9. The van der Waals surface area contributed by atoms with Crippen LogP contribution in [-0.4, -0.2) is 32.2 Å². The average molecular weight is 354 g/mol. The minimum Gasteiger partial charge on any atom is -0.309 e. The number of aromatic nitrogens is 4. The summed E-state index contributed by atoms with van der Waals surface area (Å²) in [7, 11) is 0. The van der Waals surface area contributed by atoms with Gasteiger partial charge in [0.2, 0.25) is 11.8 Å². The number of carbonyl (C=O) groups is 2. The maximum absolute atomic E-state index is 11.1. The van der Waals surface area contributed by atoms with Gasteiger partial charge >= 0.3 is 0 Å². The van der Waals surface area contributed by atoms with E-state index in [-0.39, 0.29) is 11.8 Å². The fourth-order valence-electron chi connectivity index (χ4n) is 3.34. The van der Waals surface area contributed by atoms with E-state index in [0.717, 1.165) is 37.1 Å². The van der Waals surface area contributed by atoms with Gasteiger partial charge in [0, 0.05) is 25.7 Å². The van der Waals surface area contributed by atoms with E-state index in [0.29, 0.717) is 23.5 Å². The predicted octanol–water partition coefficient (Wildman–Crippen LogP) is 2.62. The zero-order valence-electron chi connectivity index (χ0n) is 14.9. The first-order chi connectivity index (χ1) is 12.5. The van der Waals surface area contributed by atoms with Crippen molar-refractivity contribution in [2.75, 3.05) is 10.6 Å². The van der Waals surface area contributed by atoms with Crippen molar-refractivity contribution < 1.29 is 9.59 Å². The van der Waals surface area contributed by atoms with E-state index in [9.17, 15) is 9.59 Å². The van der Waals surface area contributed by atoms with E-state index in [1.165, 1.54) is 13.8 Å². The lowest BCUT2D eigenvalue weighted by Gasteiger charge is -2.28. The highest BCUT2D eigenvalue weighted by molar-refractivity contribution is 5.87. The van der Waals surface area contributed by atoms with Gasteiger partial charge in [-0.1, -0.05) is 6.42 Å². The van der Waals surface area contributed by atoms with Crippen LogP contribution in [0.25, 0.3) is 0 Å². The molecular weight excluding hydrogens is 332 g/mol. The molecule has 1 fully saturated rings. The summed E-state index contributed by atoms with van der Waals surface area (Å²) in [6.07, 6.45) is 4.13. The molecule has 8 heteroatoms. The smallest absolute Gasteiger partial charge is 0.222 e. The summed E-state index contributed by atoms with van der Waals surface area (Å²) in [6, 6.07) is 7.43. The maximum atomic E-state index is 11.1. The monoisotopic (exact) mass is 354 g/mol. The van der Waals surface area contributed by atoms with Crippen molar-refractivity contribution in [1.29, 1.82) is 0 Å². The molecule has 2 amide bonds. The molecule has 2 heterocycles. The van der Waals surface area contributed by atoms with Crippen LogP contribution in [0.4, 0.5) is 11.6 Å². The van der Waals surface area contributed by atoms with Gasteiger partial charge in [-0.2, -0.15) is 10.2 Å². The topological polar surface area (TPSA) is 110 Å². The Hall–Kier alpha value is -2.90. The number of hydrogen-bond donors (Lipinski definition) is 2. The second kappa shape index (κ2) is 7.99. The van der Waals surface area contributed by atoms with Crippen molar-refractivity contribution >= 4 is 23.5 Å². The summed E-state index contributed by atoms with van der Waals surface area (Å²) in [4.78, 5) is 22.1. The van der Waals surface area contributed by atoms with Gasteiger partial charge in [-0.15, -0.1) is 10.2 Å². The lowest BCUT2D eigenvalue weighted by Crippen LogP contribution is -2.17. The fourth-order valence-corrected chi connectivity index (χ4v) is 3.34. The van der Waals surface area contributed by atoms with Gasteiger partial charge < -0.3 is 10.6 Å². The van der Waals surface area contributed by atoms with Crippen molar-refractivity contribution in [2.45, 2.75) is 51.4 Å². The van der Waals surface area contributed by atoms with Crippen molar-refractivity contribution in [3.8, 4) is 0 Å². The summed E-state index contributed by atoms with van der Waals surface area (Å²) in [5.74, 6) is 1.23. The number of nitrogens with zero attached hydrogens (tertiary/aromatic N) is 4. The minimum atomic E-state index is -0.161. The molecule has 0 unspecified atom stereocenters. The van der Waals surface area contributed by atoms with E-state index in [4.69, 9.17) is 0 Å². The largest absolute Gasteiger partial charge is 0.309 e. The molecular formula is C18H22N6O2. The molecule has 2 aromatic rings. The van der Waals surface area contributed by atoms with Crippen LogP contribution in [0.5, 0.6) is 0 Å². The molecule has 0 radical (unpaired) electrons. The summed E-state index contributed by atoms with van der Waals surface area (Å²) in [5, 5.41) is 22.0. The Labute approximate surface area is 151 Å². The lowest BCUT2D eigenvalue weighted by atomic mass is 9.78.